The number of halogens is 3. The van der Waals surface area contributed by atoms with Gasteiger partial charge in [0.2, 0.25) is 0 Å². The van der Waals surface area contributed by atoms with Crippen LogP contribution >= 0.6 is 39.1 Å². The monoisotopic (exact) mass is 525 g/mol. The molecule has 2 amide bonds. The number of rotatable bonds is 6. The van der Waals surface area contributed by atoms with E-state index in [4.69, 9.17) is 23.2 Å². The van der Waals surface area contributed by atoms with Gasteiger partial charge < -0.3 is 10.4 Å². The smallest absolute Gasteiger partial charge is 0.411 e. The molecule has 0 aliphatic rings. The van der Waals surface area contributed by atoms with Gasteiger partial charge >= 0.3 is 6.09 Å². The van der Waals surface area contributed by atoms with Crippen LogP contribution in [0.1, 0.15) is 29.4 Å². The number of benzene rings is 1. The van der Waals surface area contributed by atoms with Crippen molar-refractivity contribution in [3.63, 3.8) is 0 Å². The van der Waals surface area contributed by atoms with E-state index in [1.54, 1.807) is 25.1 Å². The number of hydrogen-bond acceptors (Lipinski definition) is 4. The third-order valence-corrected chi connectivity index (χ3v) is 5.24. The molecule has 1 aromatic carbocycles. The topological polar surface area (TPSA) is 100 Å². The van der Waals surface area contributed by atoms with E-state index in [9.17, 15) is 14.7 Å². The van der Waals surface area contributed by atoms with Crippen molar-refractivity contribution in [3.8, 4) is 5.82 Å². The Bertz CT molecular complexity index is 1150. The molecule has 0 aliphatic heterocycles. The maximum atomic E-state index is 13.2. The lowest BCUT2D eigenvalue weighted by molar-refractivity contribution is 0.101. The maximum Gasteiger partial charge on any atom is 0.411 e. The molecule has 11 heteroatoms. The summed E-state index contributed by atoms with van der Waals surface area (Å²) in [4.78, 5) is 30.4. The number of nitrogens with zero attached hydrogens (tertiary/aromatic N) is 4. The van der Waals surface area contributed by atoms with E-state index in [-0.39, 0.29) is 23.7 Å². The molecule has 31 heavy (non-hydrogen) atoms. The average molecular weight is 527 g/mol. The van der Waals surface area contributed by atoms with Crippen LogP contribution in [-0.2, 0) is 0 Å². The summed E-state index contributed by atoms with van der Waals surface area (Å²) in [7, 11) is 0. The van der Waals surface area contributed by atoms with Crippen molar-refractivity contribution in [2.75, 3.05) is 16.8 Å². The fourth-order valence-corrected chi connectivity index (χ4v) is 3.87. The molecule has 3 rings (SSSR count). The van der Waals surface area contributed by atoms with Crippen LogP contribution in [0.2, 0.25) is 10.0 Å². The number of aromatic nitrogens is 3. The molecule has 162 valence electrons. The molecule has 0 atom stereocenters. The lowest BCUT2D eigenvalue weighted by atomic mass is 10.1. The summed E-state index contributed by atoms with van der Waals surface area (Å²) in [6.07, 6.45) is 0.977. The summed E-state index contributed by atoms with van der Waals surface area (Å²) in [5, 5.41) is 17.4. The molecule has 0 saturated heterocycles. The number of pyridine rings is 1. The van der Waals surface area contributed by atoms with Gasteiger partial charge in [0.05, 0.1) is 16.4 Å². The van der Waals surface area contributed by atoms with Crippen LogP contribution in [0.25, 0.3) is 5.82 Å². The highest BCUT2D eigenvalue weighted by Gasteiger charge is 2.24. The largest absolute Gasteiger partial charge is 0.465 e. The summed E-state index contributed by atoms with van der Waals surface area (Å²) in [5.41, 5.74) is 1.39. The Balaban J connectivity index is 2.06. The van der Waals surface area contributed by atoms with Gasteiger partial charge in [-0.2, -0.15) is 5.10 Å². The normalized spacial score (nSPS) is 10.7. The summed E-state index contributed by atoms with van der Waals surface area (Å²) in [6.45, 7) is 3.84. The number of hydrogen-bond donors (Lipinski definition) is 2. The van der Waals surface area contributed by atoms with Crippen molar-refractivity contribution in [2.24, 2.45) is 0 Å². The first-order chi connectivity index (χ1) is 14.7. The van der Waals surface area contributed by atoms with Crippen molar-refractivity contribution in [2.45, 2.75) is 20.3 Å². The van der Waals surface area contributed by atoms with E-state index in [0.717, 1.165) is 4.90 Å². The minimum atomic E-state index is -1.15. The summed E-state index contributed by atoms with van der Waals surface area (Å²) >= 11 is 15.7. The number of carboxylic acid groups (broad SMARTS) is 1. The van der Waals surface area contributed by atoms with Gasteiger partial charge in [0, 0.05) is 23.8 Å². The quantitative estimate of drug-likeness (QED) is 0.423. The zero-order valence-corrected chi connectivity index (χ0v) is 19.7. The van der Waals surface area contributed by atoms with Crippen molar-refractivity contribution in [1.82, 2.24) is 14.8 Å². The Morgan fingerprint density at radius 2 is 2.03 bits per heavy atom. The molecule has 0 unspecified atom stereocenters. The molecule has 0 aliphatic carbocycles. The molecule has 0 spiro atoms. The molecule has 8 nitrogen and oxygen atoms in total. The first-order valence-electron chi connectivity index (χ1n) is 9.21. The van der Waals surface area contributed by atoms with E-state index < -0.39 is 12.0 Å². The number of carbonyl (C=O) groups is 2. The van der Waals surface area contributed by atoms with E-state index in [1.807, 2.05) is 6.92 Å². The standard InChI is InChI=1S/C20H18BrCl2N5O3/c1-3-7-27(20(30)31)14-9-12(22)8-11(2)17(14)25-19(29)15-10-16(21)26-28(15)18-13(23)5-4-6-24-18/h4-6,8-10H,3,7H2,1-2H3,(H,25,29)(H,30,31). The van der Waals surface area contributed by atoms with Gasteiger partial charge in [-0.3, -0.25) is 9.69 Å². The van der Waals surface area contributed by atoms with E-state index in [2.05, 4.69) is 31.3 Å². The van der Waals surface area contributed by atoms with Crippen LogP contribution in [0.4, 0.5) is 16.2 Å². The third-order valence-electron chi connectivity index (χ3n) is 4.34. The van der Waals surface area contributed by atoms with Gasteiger partial charge in [0.1, 0.15) is 10.3 Å². The Kier molecular flexibility index (Phi) is 7.19. The molecule has 3 aromatic rings. The van der Waals surface area contributed by atoms with Gasteiger partial charge in [-0.05, 0) is 59.1 Å². The molecule has 0 saturated carbocycles. The highest BCUT2D eigenvalue weighted by atomic mass is 79.9. The number of amides is 2. The molecule has 2 aromatic heterocycles. The van der Waals surface area contributed by atoms with Gasteiger partial charge in [0.15, 0.2) is 5.82 Å². The first kappa shape index (κ1) is 23.1. The summed E-state index contributed by atoms with van der Waals surface area (Å²) in [5.74, 6) is -0.236. The van der Waals surface area contributed by atoms with Gasteiger partial charge in [-0.15, -0.1) is 0 Å². The van der Waals surface area contributed by atoms with Crippen LogP contribution in [0.5, 0.6) is 0 Å². The van der Waals surface area contributed by atoms with Crippen molar-refractivity contribution >= 4 is 62.5 Å². The zero-order valence-electron chi connectivity index (χ0n) is 16.6. The van der Waals surface area contributed by atoms with E-state index in [1.165, 1.54) is 23.0 Å². The van der Waals surface area contributed by atoms with Crippen LogP contribution in [0.3, 0.4) is 0 Å². The number of anilines is 2. The Labute approximate surface area is 196 Å². The van der Waals surface area contributed by atoms with E-state index in [0.29, 0.717) is 32.3 Å². The minimum absolute atomic E-state index is 0.158. The lowest BCUT2D eigenvalue weighted by Crippen LogP contribution is -2.31. The second-order valence-electron chi connectivity index (χ2n) is 6.58. The number of aryl methyl sites for hydroxylation is 1. The van der Waals surface area contributed by atoms with Crippen LogP contribution < -0.4 is 10.2 Å². The Morgan fingerprint density at radius 3 is 2.68 bits per heavy atom. The van der Waals surface area contributed by atoms with Gasteiger partial charge in [-0.25, -0.2) is 14.5 Å². The second kappa shape index (κ2) is 9.67. The van der Waals surface area contributed by atoms with Crippen molar-refractivity contribution < 1.29 is 14.7 Å². The zero-order chi connectivity index (χ0) is 22.7. The predicted molar refractivity (Wildman–Crippen MR) is 124 cm³/mol. The molecule has 0 fully saturated rings. The maximum absolute atomic E-state index is 13.2. The van der Waals surface area contributed by atoms with Crippen LogP contribution in [0, 0.1) is 6.92 Å². The first-order valence-corrected chi connectivity index (χ1v) is 10.8. The van der Waals surface area contributed by atoms with Crippen molar-refractivity contribution in [1.29, 1.82) is 0 Å². The Hall–Kier alpha value is -2.62. The number of nitrogens with one attached hydrogen (secondary N) is 1. The number of carbonyl (C=O) groups excluding carboxylic acids is 1. The SMILES string of the molecule is CCCN(C(=O)O)c1cc(Cl)cc(C)c1NC(=O)c1cc(Br)nn1-c1ncccc1Cl. The molecule has 2 heterocycles. The average Bonchev–Trinajstić information content (AvgIpc) is 3.09. The van der Waals surface area contributed by atoms with Crippen molar-refractivity contribution in [3.05, 3.63) is 62.4 Å². The molecule has 0 radical (unpaired) electrons. The third kappa shape index (κ3) is 5.00. The molecular weight excluding hydrogens is 509 g/mol. The highest BCUT2D eigenvalue weighted by Crippen LogP contribution is 2.34. The minimum Gasteiger partial charge on any atom is -0.465 e. The molecule has 2 N–H and O–H groups in total. The fourth-order valence-electron chi connectivity index (χ4n) is 3.03. The lowest BCUT2D eigenvalue weighted by Gasteiger charge is -2.23. The molecular formula is C20H18BrCl2N5O3. The van der Waals surface area contributed by atoms with Crippen LogP contribution in [-0.4, -0.2) is 38.4 Å². The summed E-state index contributed by atoms with van der Waals surface area (Å²) in [6, 6.07) is 7.98. The van der Waals surface area contributed by atoms with Gasteiger partial charge in [-0.1, -0.05) is 30.1 Å². The summed E-state index contributed by atoms with van der Waals surface area (Å²) < 4.78 is 1.72. The highest BCUT2D eigenvalue weighted by molar-refractivity contribution is 9.10. The predicted octanol–water partition coefficient (Wildman–Crippen LogP) is 5.79. The van der Waals surface area contributed by atoms with Gasteiger partial charge in [0.25, 0.3) is 5.91 Å². The molecule has 0 bridgehead atoms. The van der Waals surface area contributed by atoms with E-state index >= 15 is 0 Å². The second-order valence-corrected chi connectivity index (χ2v) is 8.23. The Morgan fingerprint density at radius 1 is 1.29 bits per heavy atom. The fraction of sp³-hybridized carbons (Fsp3) is 0.200. The van der Waals surface area contributed by atoms with Crippen LogP contribution in [0.15, 0.2) is 41.1 Å².